The van der Waals surface area contributed by atoms with Crippen LogP contribution in [0.2, 0.25) is 0 Å². The molecule has 4 nitrogen and oxygen atoms in total. The molecular formula is C25H22FNO3. The number of anilines is 1. The maximum Gasteiger partial charge on any atom is 0.258 e. The molecule has 0 saturated carbocycles. The molecule has 0 aromatic heterocycles. The predicted molar refractivity (Wildman–Crippen MR) is 115 cm³/mol. The van der Waals surface area contributed by atoms with Crippen LogP contribution in [-0.4, -0.2) is 11.7 Å². The van der Waals surface area contributed by atoms with Crippen LogP contribution < -0.4 is 5.32 Å². The lowest BCUT2D eigenvalue weighted by Crippen LogP contribution is -2.13. The van der Waals surface area contributed by atoms with Crippen LogP contribution in [0, 0.1) is 5.82 Å². The molecule has 0 spiro atoms. The van der Waals surface area contributed by atoms with Crippen LogP contribution in [0.4, 0.5) is 10.1 Å². The summed E-state index contributed by atoms with van der Waals surface area (Å²) in [5, 5.41) is 2.67. The summed E-state index contributed by atoms with van der Waals surface area (Å²) in [4.78, 5) is 24.2. The van der Waals surface area contributed by atoms with Gasteiger partial charge < -0.3 is 10.1 Å². The molecule has 5 heteroatoms. The van der Waals surface area contributed by atoms with Gasteiger partial charge in [-0.05, 0) is 55.8 Å². The number of hydrogen-bond acceptors (Lipinski definition) is 3. The van der Waals surface area contributed by atoms with E-state index in [-0.39, 0.29) is 11.3 Å². The zero-order valence-corrected chi connectivity index (χ0v) is 16.8. The SMILES string of the molecule is CC(=O)/C(C)=C(/OCc1ccccc1)c1ccc(NC(=O)c2ccccc2F)cc1. The number of hydrogen-bond donors (Lipinski definition) is 1. The first-order valence-corrected chi connectivity index (χ1v) is 9.50. The number of benzene rings is 3. The Hall–Kier alpha value is -3.73. The van der Waals surface area contributed by atoms with Gasteiger partial charge >= 0.3 is 0 Å². The standard InChI is InChI=1S/C25H22FNO3/c1-17(18(2)28)24(30-16-19-8-4-3-5-9-19)20-12-14-21(15-13-20)27-25(29)22-10-6-7-11-23(22)26/h3-15H,16H2,1-2H3,(H,27,29)/b24-17+. The van der Waals surface area contributed by atoms with E-state index in [9.17, 15) is 14.0 Å². The van der Waals surface area contributed by atoms with Gasteiger partial charge in [-0.1, -0.05) is 42.5 Å². The fourth-order valence-corrected chi connectivity index (χ4v) is 2.85. The van der Waals surface area contributed by atoms with Gasteiger partial charge in [0.15, 0.2) is 5.78 Å². The second-order valence-electron chi connectivity index (χ2n) is 6.80. The van der Waals surface area contributed by atoms with Crippen molar-refractivity contribution >= 4 is 23.1 Å². The molecule has 152 valence electrons. The molecule has 1 amide bonds. The van der Waals surface area contributed by atoms with Crippen molar-refractivity contribution in [1.82, 2.24) is 0 Å². The quantitative estimate of drug-likeness (QED) is 0.412. The van der Waals surface area contributed by atoms with Crippen molar-refractivity contribution in [3.63, 3.8) is 0 Å². The molecule has 0 saturated heterocycles. The number of halogens is 1. The highest BCUT2D eigenvalue weighted by atomic mass is 19.1. The number of Topliss-reactive ketones (excluding diaryl/α,β-unsaturated/α-hetero) is 1. The van der Waals surface area contributed by atoms with E-state index in [1.54, 1.807) is 37.3 Å². The fourth-order valence-electron chi connectivity index (χ4n) is 2.85. The molecule has 3 aromatic carbocycles. The third-order valence-electron chi connectivity index (χ3n) is 4.62. The number of rotatable bonds is 7. The van der Waals surface area contributed by atoms with Crippen LogP contribution in [0.5, 0.6) is 0 Å². The van der Waals surface area contributed by atoms with Gasteiger partial charge in [0.1, 0.15) is 18.2 Å². The highest BCUT2D eigenvalue weighted by Gasteiger charge is 2.14. The molecule has 0 unspecified atom stereocenters. The number of carbonyl (C=O) groups is 2. The molecule has 3 aromatic rings. The van der Waals surface area contributed by atoms with Crippen LogP contribution in [0.15, 0.2) is 84.4 Å². The van der Waals surface area contributed by atoms with Crippen LogP contribution in [0.3, 0.4) is 0 Å². The lowest BCUT2D eigenvalue weighted by molar-refractivity contribution is -0.113. The van der Waals surface area contributed by atoms with Crippen LogP contribution in [0.1, 0.15) is 35.3 Å². The second kappa shape index (κ2) is 9.65. The minimum Gasteiger partial charge on any atom is -0.488 e. The maximum absolute atomic E-state index is 13.8. The molecule has 3 rings (SSSR count). The molecule has 0 atom stereocenters. The number of ether oxygens (including phenoxy) is 1. The Morgan fingerprint density at radius 2 is 1.50 bits per heavy atom. The molecule has 0 aliphatic rings. The van der Waals surface area contributed by atoms with E-state index >= 15 is 0 Å². The normalized spacial score (nSPS) is 11.4. The van der Waals surface area contributed by atoms with E-state index in [4.69, 9.17) is 4.74 Å². The van der Waals surface area contributed by atoms with E-state index in [1.165, 1.54) is 25.1 Å². The fraction of sp³-hybridized carbons (Fsp3) is 0.120. The summed E-state index contributed by atoms with van der Waals surface area (Å²) in [6.45, 7) is 3.54. The minimum atomic E-state index is -0.580. The molecule has 1 N–H and O–H groups in total. The molecule has 30 heavy (non-hydrogen) atoms. The number of nitrogens with one attached hydrogen (secondary N) is 1. The van der Waals surface area contributed by atoms with Gasteiger partial charge in [0, 0.05) is 16.8 Å². The highest BCUT2D eigenvalue weighted by molar-refractivity contribution is 6.04. The van der Waals surface area contributed by atoms with Crippen molar-refractivity contribution in [3.8, 4) is 0 Å². The first kappa shape index (κ1) is 21.0. The van der Waals surface area contributed by atoms with Crippen LogP contribution in [-0.2, 0) is 16.1 Å². The summed E-state index contributed by atoms with van der Waals surface area (Å²) in [6, 6.07) is 22.3. The molecule has 0 radical (unpaired) electrons. The van der Waals surface area contributed by atoms with Crippen molar-refractivity contribution < 1.29 is 18.7 Å². The average Bonchev–Trinajstić information content (AvgIpc) is 2.75. The molecule has 0 heterocycles. The van der Waals surface area contributed by atoms with Crippen molar-refractivity contribution in [3.05, 3.63) is 107 Å². The van der Waals surface area contributed by atoms with Gasteiger partial charge in [0.2, 0.25) is 0 Å². The number of carbonyl (C=O) groups excluding carboxylic acids is 2. The van der Waals surface area contributed by atoms with Gasteiger partial charge in [0.05, 0.1) is 5.56 Å². The van der Waals surface area contributed by atoms with Gasteiger partial charge in [0.25, 0.3) is 5.91 Å². The van der Waals surface area contributed by atoms with E-state index in [0.717, 1.165) is 5.56 Å². The Kier molecular flexibility index (Phi) is 6.75. The predicted octanol–water partition coefficient (Wildman–Crippen LogP) is 5.61. The Bertz CT molecular complexity index is 1070. The van der Waals surface area contributed by atoms with Crippen molar-refractivity contribution in [2.24, 2.45) is 0 Å². The Morgan fingerprint density at radius 1 is 0.867 bits per heavy atom. The summed E-state index contributed by atoms with van der Waals surface area (Å²) in [5.74, 6) is -0.714. The average molecular weight is 403 g/mol. The van der Waals surface area contributed by atoms with Crippen LogP contribution in [0.25, 0.3) is 5.76 Å². The van der Waals surface area contributed by atoms with E-state index in [1.807, 2.05) is 30.3 Å². The molecule has 0 aliphatic heterocycles. The van der Waals surface area contributed by atoms with Gasteiger partial charge in [-0.2, -0.15) is 0 Å². The number of allylic oxidation sites excluding steroid dienone is 1. The van der Waals surface area contributed by atoms with Crippen LogP contribution >= 0.6 is 0 Å². The smallest absolute Gasteiger partial charge is 0.258 e. The molecule has 0 fully saturated rings. The summed E-state index contributed by atoms with van der Waals surface area (Å²) in [6.07, 6.45) is 0. The lowest BCUT2D eigenvalue weighted by atomic mass is 10.1. The Labute approximate surface area is 175 Å². The number of amides is 1. The Balaban J connectivity index is 1.78. The van der Waals surface area contributed by atoms with E-state index in [0.29, 0.717) is 29.2 Å². The maximum atomic E-state index is 13.8. The third-order valence-corrected chi connectivity index (χ3v) is 4.62. The second-order valence-corrected chi connectivity index (χ2v) is 6.80. The zero-order chi connectivity index (χ0) is 21.5. The summed E-state index contributed by atoms with van der Waals surface area (Å²) >= 11 is 0. The zero-order valence-electron chi connectivity index (χ0n) is 16.8. The highest BCUT2D eigenvalue weighted by Crippen LogP contribution is 2.24. The van der Waals surface area contributed by atoms with Gasteiger partial charge in [-0.3, -0.25) is 9.59 Å². The van der Waals surface area contributed by atoms with Crippen molar-refractivity contribution in [2.45, 2.75) is 20.5 Å². The van der Waals surface area contributed by atoms with Gasteiger partial charge in [-0.15, -0.1) is 0 Å². The van der Waals surface area contributed by atoms with Gasteiger partial charge in [-0.25, -0.2) is 4.39 Å². The third kappa shape index (κ3) is 5.20. The van der Waals surface area contributed by atoms with Crippen molar-refractivity contribution in [1.29, 1.82) is 0 Å². The van der Waals surface area contributed by atoms with E-state index in [2.05, 4.69) is 5.32 Å². The first-order valence-electron chi connectivity index (χ1n) is 9.50. The summed E-state index contributed by atoms with van der Waals surface area (Å²) < 4.78 is 19.8. The molecule has 0 bridgehead atoms. The summed E-state index contributed by atoms with van der Waals surface area (Å²) in [5.41, 5.74) is 2.69. The first-order chi connectivity index (χ1) is 14.5. The Morgan fingerprint density at radius 3 is 2.13 bits per heavy atom. The minimum absolute atomic E-state index is 0.0271. The topological polar surface area (TPSA) is 55.4 Å². The molecule has 0 aliphatic carbocycles. The largest absolute Gasteiger partial charge is 0.488 e. The monoisotopic (exact) mass is 403 g/mol. The molecular weight excluding hydrogens is 381 g/mol. The van der Waals surface area contributed by atoms with Crippen molar-refractivity contribution in [2.75, 3.05) is 5.32 Å². The lowest BCUT2D eigenvalue weighted by Gasteiger charge is -2.14. The number of ketones is 1. The van der Waals surface area contributed by atoms with E-state index < -0.39 is 11.7 Å². The summed E-state index contributed by atoms with van der Waals surface area (Å²) in [7, 11) is 0.